The first-order valence-electron chi connectivity index (χ1n) is 6.57. The van der Waals surface area contributed by atoms with Crippen LogP contribution in [0.15, 0.2) is 42.7 Å². The quantitative estimate of drug-likeness (QED) is 0.799. The van der Waals surface area contributed by atoms with Gasteiger partial charge in [-0.1, -0.05) is 5.21 Å². The van der Waals surface area contributed by atoms with E-state index in [1.54, 1.807) is 12.1 Å². The van der Waals surface area contributed by atoms with Gasteiger partial charge >= 0.3 is 5.97 Å². The molecule has 0 bridgehead atoms. The van der Waals surface area contributed by atoms with Crippen LogP contribution in [-0.2, 0) is 6.54 Å². The number of halogens is 2. The first-order chi connectivity index (χ1) is 11.0. The lowest BCUT2D eigenvalue weighted by molar-refractivity contribution is 0.0691. The molecule has 6 nitrogen and oxygen atoms in total. The maximum atomic E-state index is 13.3. The molecule has 2 heterocycles. The molecule has 0 unspecified atom stereocenters. The van der Waals surface area contributed by atoms with Gasteiger partial charge in [0.05, 0.1) is 6.54 Å². The Morgan fingerprint density at radius 2 is 1.78 bits per heavy atom. The first-order valence-corrected chi connectivity index (χ1v) is 6.57. The summed E-state index contributed by atoms with van der Waals surface area (Å²) in [5, 5.41) is 16.7. The summed E-state index contributed by atoms with van der Waals surface area (Å²) in [5.74, 6) is -2.68. The molecule has 3 rings (SSSR count). The highest BCUT2D eigenvalue weighted by molar-refractivity contribution is 5.92. The Labute approximate surface area is 129 Å². The van der Waals surface area contributed by atoms with Gasteiger partial charge in [0.2, 0.25) is 0 Å². The molecule has 0 saturated carbocycles. The molecule has 0 amide bonds. The Kier molecular flexibility index (Phi) is 3.80. The highest BCUT2D eigenvalue weighted by atomic mass is 19.1. The number of pyridine rings is 1. The van der Waals surface area contributed by atoms with Crippen molar-refractivity contribution in [2.75, 3.05) is 0 Å². The van der Waals surface area contributed by atoms with Crippen LogP contribution < -0.4 is 0 Å². The molecule has 2 aromatic heterocycles. The monoisotopic (exact) mass is 316 g/mol. The number of hydrogen-bond acceptors (Lipinski definition) is 4. The Hall–Kier alpha value is -3.16. The zero-order valence-electron chi connectivity index (χ0n) is 11.6. The molecule has 0 saturated heterocycles. The maximum absolute atomic E-state index is 13.3. The van der Waals surface area contributed by atoms with Gasteiger partial charge in [0, 0.05) is 24.0 Å². The molecule has 23 heavy (non-hydrogen) atoms. The molecule has 0 aliphatic heterocycles. The highest BCUT2D eigenvalue weighted by Crippen LogP contribution is 2.23. The number of carbonyl (C=O) groups is 1. The van der Waals surface area contributed by atoms with Crippen LogP contribution in [0.1, 0.15) is 16.1 Å². The Morgan fingerprint density at radius 1 is 1.13 bits per heavy atom. The number of carboxylic acids is 1. The minimum absolute atomic E-state index is 0.0212. The smallest absolute Gasteiger partial charge is 0.358 e. The average molecular weight is 316 g/mol. The Balaban J connectivity index is 2.08. The molecular weight excluding hydrogens is 306 g/mol. The van der Waals surface area contributed by atoms with Gasteiger partial charge in [-0.25, -0.2) is 18.3 Å². The van der Waals surface area contributed by atoms with Gasteiger partial charge in [0.15, 0.2) is 5.69 Å². The number of aromatic nitrogens is 4. The van der Waals surface area contributed by atoms with Crippen molar-refractivity contribution >= 4 is 5.97 Å². The SMILES string of the molecule is O=C(O)c1nnn(Cc2cc(F)cc(F)c2)c1-c1ccncc1. The predicted molar refractivity (Wildman–Crippen MR) is 75.7 cm³/mol. The zero-order valence-corrected chi connectivity index (χ0v) is 11.6. The van der Waals surface area contributed by atoms with E-state index >= 15 is 0 Å². The summed E-state index contributed by atoms with van der Waals surface area (Å²) in [6.07, 6.45) is 3.00. The van der Waals surface area contributed by atoms with Crippen molar-refractivity contribution in [3.05, 3.63) is 65.6 Å². The van der Waals surface area contributed by atoms with Crippen LogP contribution in [0.25, 0.3) is 11.3 Å². The summed E-state index contributed by atoms with van der Waals surface area (Å²) in [4.78, 5) is 15.2. The van der Waals surface area contributed by atoms with Crippen molar-refractivity contribution in [1.82, 2.24) is 20.0 Å². The molecule has 0 aliphatic carbocycles. The summed E-state index contributed by atoms with van der Waals surface area (Å²) >= 11 is 0. The number of aromatic carboxylic acids is 1. The summed E-state index contributed by atoms with van der Waals surface area (Å²) < 4.78 is 27.9. The van der Waals surface area contributed by atoms with E-state index in [4.69, 9.17) is 0 Å². The molecule has 0 radical (unpaired) electrons. The number of hydrogen-bond donors (Lipinski definition) is 1. The lowest BCUT2D eigenvalue weighted by atomic mass is 10.1. The van der Waals surface area contributed by atoms with E-state index in [1.807, 2.05) is 0 Å². The topological polar surface area (TPSA) is 80.9 Å². The van der Waals surface area contributed by atoms with Gasteiger partial charge in [-0.3, -0.25) is 4.98 Å². The second-order valence-electron chi connectivity index (χ2n) is 4.76. The van der Waals surface area contributed by atoms with E-state index in [2.05, 4.69) is 15.3 Å². The highest BCUT2D eigenvalue weighted by Gasteiger charge is 2.20. The number of carboxylic acid groups (broad SMARTS) is 1. The molecule has 0 fully saturated rings. The minimum Gasteiger partial charge on any atom is -0.476 e. The van der Waals surface area contributed by atoms with Crippen LogP contribution in [0.2, 0.25) is 0 Å². The van der Waals surface area contributed by atoms with Crippen molar-refractivity contribution < 1.29 is 18.7 Å². The van der Waals surface area contributed by atoms with E-state index in [-0.39, 0.29) is 17.9 Å². The lowest BCUT2D eigenvalue weighted by Crippen LogP contribution is -2.06. The van der Waals surface area contributed by atoms with Crippen LogP contribution in [0.4, 0.5) is 8.78 Å². The molecule has 0 aliphatic rings. The lowest BCUT2D eigenvalue weighted by Gasteiger charge is -2.07. The third kappa shape index (κ3) is 3.05. The van der Waals surface area contributed by atoms with E-state index in [0.717, 1.165) is 18.2 Å². The van der Waals surface area contributed by atoms with Crippen molar-refractivity contribution in [1.29, 1.82) is 0 Å². The predicted octanol–water partition coefficient (Wildman–Crippen LogP) is 2.36. The summed E-state index contributed by atoms with van der Waals surface area (Å²) in [7, 11) is 0. The maximum Gasteiger partial charge on any atom is 0.358 e. The second kappa shape index (κ2) is 5.91. The standard InChI is InChI=1S/C15H10F2N4O2/c16-11-5-9(6-12(17)7-11)8-21-14(10-1-3-18-4-2-10)13(15(22)23)19-20-21/h1-7H,8H2,(H,22,23). The Morgan fingerprint density at radius 3 is 2.39 bits per heavy atom. The molecule has 0 atom stereocenters. The number of benzene rings is 1. The van der Waals surface area contributed by atoms with E-state index < -0.39 is 17.6 Å². The van der Waals surface area contributed by atoms with Gasteiger partial charge in [-0.2, -0.15) is 0 Å². The summed E-state index contributed by atoms with van der Waals surface area (Å²) in [6, 6.07) is 6.28. The van der Waals surface area contributed by atoms with Crippen LogP contribution >= 0.6 is 0 Å². The Bertz CT molecular complexity index is 845. The molecule has 3 aromatic rings. The average Bonchev–Trinajstić information content (AvgIpc) is 2.91. The molecule has 116 valence electrons. The fourth-order valence-electron chi connectivity index (χ4n) is 2.24. The largest absolute Gasteiger partial charge is 0.476 e. The van der Waals surface area contributed by atoms with Gasteiger partial charge in [0.25, 0.3) is 0 Å². The third-order valence-corrected chi connectivity index (χ3v) is 3.15. The van der Waals surface area contributed by atoms with Gasteiger partial charge < -0.3 is 5.11 Å². The van der Waals surface area contributed by atoms with E-state index in [0.29, 0.717) is 11.1 Å². The normalized spacial score (nSPS) is 10.7. The zero-order chi connectivity index (χ0) is 16.4. The van der Waals surface area contributed by atoms with Crippen molar-refractivity contribution in [3.8, 4) is 11.3 Å². The fourth-order valence-corrected chi connectivity index (χ4v) is 2.24. The van der Waals surface area contributed by atoms with Crippen molar-refractivity contribution in [3.63, 3.8) is 0 Å². The van der Waals surface area contributed by atoms with Gasteiger partial charge in [-0.05, 0) is 29.8 Å². The van der Waals surface area contributed by atoms with Gasteiger partial charge in [-0.15, -0.1) is 5.10 Å². The summed E-state index contributed by atoms with van der Waals surface area (Å²) in [6.45, 7) is -0.0212. The fraction of sp³-hybridized carbons (Fsp3) is 0.0667. The van der Waals surface area contributed by atoms with Crippen LogP contribution in [-0.4, -0.2) is 31.1 Å². The molecule has 1 aromatic carbocycles. The molecular formula is C15H10F2N4O2. The van der Waals surface area contributed by atoms with E-state index in [9.17, 15) is 18.7 Å². The van der Waals surface area contributed by atoms with E-state index in [1.165, 1.54) is 17.1 Å². The summed E-state index contributed by atoms with van der Waals surface area (Å²) in [5.41, 5.74) is 0.844. The number of nitrogens with zero attached hydrogens (tertiary/aromatic N) is 4. The van der Waals surface area contributed by atoms with Crippen molar-refractivity contribution in [2.24, 2.45) is 0 Å². The molecule has 8 heteroatoms. The van der Waals surface area contributed by atoms with Crippen LogP contribution in [0, 0.1) is 11.6 Å². The third-order valence-electron chi connectivity index (χ3n) is 3.15. The molecule has 0 spiro atoms. The van der Waals surface area contributed by atoms with Crippen molar-refractivity contribution in [2.45, 2.75) is 6.54 Å². The van der Waals surface area contributed by atoms with Crippen LogP contribution in [0.3, 0.4) is 0 Å². The molecule has 1 N–H and O–H groups in total. The minimum atomic E-state index is -1.24. The van der Waals surface area contributed by atoms with Crippen LogP contribution in [0.5, 0.6) is 0 Å². The van der Waals surface area contributed by atoms with Gasteiger partial charge in [0.1, 0.15) is 17.3 Å². The second-order valence-corrected chi connectivity index (χ2v) is 4.76. The number of rotatable bonds is 4. The first kappa shape index (κ1) is 14.8.